The molecule has 0 aromatic heterocycles. The van der Waals surface area contributed by atoms with E-state index in [1.54, 1.807) is 48.5 Å². The summed E-state index contributed by atoms with van der Waals surface area (Å²) in [6.07, 6.45) is 2.90. The predicted octanol–water partition coefficient (Wildman–Crippen LogP) is 2.10. The summed E-state index contributed by atoms with van der Waals surface area (Å²) in [6, 6.07) is 16.9. The number of nitrogens with zero attached hydrogens (tertiary/aromatic N) is 4. The molecule has 0 heterocycles. The van der Waals surface area contributed by atoms with Crippen molar-refractivity contribution in [3.8, 4) is 12.1 Å². The minimum atomic E-state index is -0.593. The molecule has 7 nitrogen and oxygen atoms in total. The van der Waals surface area contributed by atoms with Crippen LogP contribution in [-0.4, -0.2) is 18.5 Å². The number of amides is 2. The maximum absolute atomic E-state index is 11.5. The molecule has 2 aromatic carbocycles. The summed E-state index contributed by atoms with van der Waals surface area (Å²) < 4.78 is 0. The van der Waals surface area contributed by atoms with Gasteiger partial charge in [0.1, 0.15) is 0 Å². The van der Waals surface area contributed by atoms with Crippen molar-refractivity contribution in [2.45, 2.75) is 0 Å². The fourth-order valence-electron chi connectivity index (χ4n) is 1.64. The van der Waals surface area contributed by atoms with Gasteiger partial charge in [-0.15, -0.1) is 0 Å². The maximum Gasteiger partial charge on any atom is 0.355 e. The Morgan fingerprint density at radius 1 is 0.792 bits per heavy atom. The molecule has 24 heavy (non-hydrogen) atoms. The van der Waals surface area contributed by atoms with E-state index in [2.05, 4.69) is 21.1 Å². The Morgan fingerprint density at radius 3 is 1.50 bits per heavy atom. The second kappa shape index (κ2) is 8.47. The molecule has 0 radical (unpaired) electrons. The highest BCUT2D eigenvalue weighted by Crippen LogP contribution is 2.01. The van der Waals surface area contributed by atoms with E-state index in [1.165, 1.54) is 12.4 Å². The van der Waals surface area contributed by atoms with Gasteiger partial charge in [0, 0.05) is 0 Å². The lowest BCUT2D eigenvalue weighted by Gasteiger charge is -1.98. The molecular weight excluding hydrogens is 304 g/mol. The van der Waals surface area contributed by atoms with Gasteiger partial charge < -0.3 is 0 Å². The highest BCUT2D eigenvalue weighted by atomic mass is 16.2. The summed E-state index contributed by atoms with van der Waals surface area (Å²) >= 11 is 0. The first-order chi connectivity index (χ1) is 11.7. The maximum atomic E-state index is 11.5. The van der Waals surface area contributed by atoms with Crippen LogP contribution in [0.15, 0.2) is 58.7 Å². The van der Waals surface area contributed by atoms with E-state index in [1.807, 2.05) is 12.1 Å². The quantitative estimate of drug-likeness (QED) is 0.665. The van der Waals surface area contributed by atoms with Crippen LogP contribution in [0.5, 0.6) is 0 Å². The zero-order chi connectivity index (χ0) is 17.2. The van der Waals surface area contributed by atoms with Crippen LogP contribution in [0.25, 0.3) is 0 Å². The van der Waals surface area contributed by atoms with Crippen molar-refractivity contribution in [2.75, 3.05) is 0 Å². The number of nitriles is 2. The molecule has 0 atom stereocenters. The average molecular weight is 316 g/mol. The van der Waals surface area contributed by atoms with E-state index in [-0.39, 0.29) is 0 Å². The lowest BCUT2D eigenvalue weighted by atomic mass is 10.2. The Balaban J connectivity index is 1.80. The normalized spacial score (nSPS) is 10.2. The Morgan fingerprint density at radius 2 is 1.17 bits per heavy atom. The lowest BCUT2D eigenvalue weighted by molar-refractivity contribution is 0.242. The fraction of sp³-hybridized carbons (Fsp3) is 0. The van der Waals surface area contributed by atoms with Crippen LogP contribution in [0, 0.1) is 22.7 Å². The first-order valence-corrected chi connectivity index (χ1v) is 6.84. The van der Waals surface area contributed by atoms with Crippen molar-refractivity contribution in [3.05, 3.63) is 70.8 Å². The highest BCUT2D eigenvalue weighted by Gasteiger charge is 1.95. The standard InChI is InChI=1S/C17H12N6O/c18-9-13-1-5-15(6-2-13)11-20-22-17(24)23-21-12-16-7-3-14(10-19)4-8-16/h1-8,11-12H,(H2,22,23,24). The SMILES string of the molecule is N#Cc1ccc(C=NNC(=O)NN=Cc2ccc(C#N)cc2)cc1. The molecule has 0 unspecified atom stereocenters. The van der Waals surface area contributed by atoms with Crippen LogP contribution in [0.1, 0.15) is 22.3 Å². The van der Waals surface area contributed by atoms with E-state index >= 15 is 0 Å². The molecule has 0 fully saturated rings. The number of hydrogen-bond acceptors (Lipinski definition) is 5. The molecule has 2 amide bonds. The molecule has 0 saturated carbocycles. The lowest BCUT2D eigenvalue weighted by Crippen LogP contribution is -2.28. The molecule has 0 spiro atoms. The topological polar surface area (TPSA) is 113 Å². The number of rotatable bonds is 4. The third-order valence-corrected chi connectivity index (χ3v) is 2.84. The summed E-state index contributed by atoms with van der Waals surface area (Å²) in [4.78, 5) is 11.5. The van der Waals surface area contributed by atoms with E-state index in [0.717, 1.165) is 11.1 Å². The van der Waals surface area contributed by atoms with Gasteiger partial charge >= 0.3 is 6.03 Å². The molecule has 0 aliphatic carbocycles. The number of hydrazone groups is 2. The zero-order valence-electron chi connectivity index (χ0n) is 12.5. The summed E-state index contributed by atoms with van der Waals surface area (Å²) in [5.41, 5.74) is 7.12. The number of carbonyl (C=O) groups excluding carboxylic acids is 1. The Labute approximate surface area is 138 Å². The molecule has 0 aliphatic heterocycles. The molecule has 0 bridgehead atoms. The van der Waals surface area contributed by atoms with Gasteiger partial charge in [-0.25, -0.2) is 15.6 Å². The smallest absolute Gasteiger partial charge is 0.245 e. The van der Waals surface area contributed by atoms with E-state index < -0.39 is 6.03 Å². The van der Waals surface area contributed by atoms with Gasteiger partial charge in [-0.2, -0.15) is 20.7 Å². The summed E-state index contributed by atoms with van der Waals surface area (Å²) in [5, 5.41) is 24.9. The van der Waals surface area contributed by atoms with Gasteiger partial charge in [-0.05, 0) is 35.4 Å². The van der Waals surface area contributed by atoms with Gasteiger partial charge in [-0.3, -0.25) is 0 Å². The Kier molecular flexibility index (Phi) is 5.79. The Bertz CT molecular complexity index is 767. The molecule has 7 heteroatoms. The minimum Gasteiger partial charge on any atom is -0.245 e. The first kappa shape index (κ1) is 16.4. The fourth-order valence-corrected chi connectivity index (χ4v) is 1.64. The van der Waals surface area contributed by atoms with E-state index in [0.29, 0.717) is 11.1 Å². The van der Waals surface area contributed by atoms with Gasteiger partial charge in [0.25, 0.3) is 0 Å². The molecule has 2 rings (SSSR count). The number of benzene rings is 2. The van der Waals surface area contributed by atoms with Crippen LogP contribution < -0.4 is 10.9 Å². The van der Waals surface area contributed by atoms with Crippen molar-refractivity contribution < 1.29 is 4.79 Å². The van der Waals surface area contributed by atoms with Gasteiger partial charge in [0.05, 0.1) is 35.7 Å². The van der Waals surface area contributed by atoms with Crippen LogP contribution in [-0.2, 0) is 0 Å². The summed E-state index contributed by atoms with van der Waals surface area (Å²) in [6.45, 7) is 0. The number of nitrogens with one attached hydrogen (secondary N) is 2. The molecule has 116 valence electrons. The molecule has 0 aliphatic rings. The molecule has 2 aromatic rings. The van der Waals surface area contributed by atoms with Crippen molar-refractivity contribution in [1.82, 2.24) is 10.9 Å². The number of urea groups is 1. The highest BCUT2D eigenvalue weighted by molar-refractivity contribution is 5.83. The predicted molar refractivity (Wildman–Crippen MR) is 89.2 cm³/mol. The third-order valence-electron chi connectivity index (χ3n) is 2.84. The monoisotopic (exact) mass is 316 g/mol. The van der Waals surface area contributed by atoms with Gasteiger partial charge in [0.15, 0.2) is 0 Å². The third kappa shape index (κ3) is 5.10. The zero-order valence-corrected chi connectivity index (χ0v) is 12.5. The summed E-state index contributed by atoms with van der Waals surface area (Å²) in [5.74, 6) is 0. The average Bonchev–Trinajstić information content (AvgIpc) is 2.63. The number of carbonyl (C=O) groups is 1. The summed E-state index contributed by atoms with van der Waals surface area (Å²) in [7, 11) is 0. The molecule has 2 N–H and O–H groups in total. The van der Waals surface area contributed by atoms with Crippen LogP contribution in [0.4, 0.5) is 4.79 Å². The van der Waals surface area contributed by atoms with E-state index in [9.17, 15) is 4.79 Å². The second-order valence-corrected chi connectivity index (χ2v) is 4.54. The first-order valence-electron chi connectivity index (χ1n) is 6.84. The van der Waals surface area contributed by atoms with Crippen LogP contribution >= 0.6 is 0 Å². The van der Waals surface area contributed by atoms with Crippen molar-refractivity contribution in [2.24, 2.45) is 10.2 Å². The van der Waals surface area contributed by atoms with Crippen molar-refractivity contribution in [1.29, 1.82) is 10.5 Å². The van der Waals surface area contributed by atoms with Gasteiger partial charge in [0.2, 0.25) is 0 Å². The van der Waals surface area contributed by atoms with Crippen LogP contribution in [0.2, 0.25) is 0 Å². The van der Waals surface area contributed by atoms with Crippen molar-refractivity contribution >= 4 is 18.5 Å². The Hall–Kier alpha value is -3.97. The van der Waals surface area contributed by atoms with Gasteiger partial charge in [-0.1, -0.05) is 24.3 Å². The number of hydrogen-bond donors (Lipinski definition) is 2. The molecular formula is C17H12N6O. The second-order valence-electron chi connectivity index (χ2n) is 4.54. The minimum absolute atomic E-state index is 0.551. The van der Waals surface area contributed by atoms with E-state index in [4.69, 9.17) is 10.5 Å². The molecule has 0 saturated heterocycles. The largest absolute Gasteiger partial charge is 0.355 e. The van der Waals surface area contributed by atoms with Crippen molar-refractivity contribution in [3.63, 3.8) is 0 Å². The van der Waals surface area contributed by atoms with Crippen LogP contribution in [0.3, 0.4) is 0 Å².